The fourth-order valence-corrected chi connectivity index (χ4v) is 1.96. The predicted molar refractivity (Wildman–Crippen MR) is 66.9 cm³/mol. The van der Waals surface area contributed by atoms with Crippen LogP contribution in [-0.4, -0.2) is 19.7 Å². The Kier molecular flexibility index (Phi) is 3.83. The van der Waals surface area contributed by atoms with Crippen molar-refractivity contribution in [1.29, 1.82) is 0 Å². The standard InChI is InChI=1S/C14H21NO/c1-3-11-4-8-13(9-5-11)16-10-14(15-2)12-6-7-12/h4-5,8-9,12,14-15H,3,6-7,10H2,1-2H3. The van der Waals surface area contributed by atoms with Gasteiger partial charge in [-0.05, 0) is 49.9 Å². The third-order valence-corrected chi connectivity index (χ3v) is 3.32. The molecule has 1 saturated carbocycles. The molecule has 2 nitrogen and oxygen atoms in total. The largest absolute Gasteiger partial charge is 0.492 e. The molecule has 88 valence electrons. The van der Waals surface area contributed by atoms with Crippen molar-refractivity contribution in [2.75, 3.05) is 13.7 Å². The van der Waals surface area contributed by atoms with Gasteiger partial charge in [-0.2, -0.15) is 0 Å². The molecule has 0 bridgehead atoms. The van der Waals surface area contributed by atoms with E-state index in [0.717, 1.165) is 24.7 Å². The van der Waals surface area contributed by atoms with E-state index in [2.05, 4.69) is 36.5 Å². The van der Waals surface area contributed by atoms with Crippen LogP contribution in [0.15, 0.2) is 24.3 Å². The average Bonchev–Trinajstić information content (AvgIpc) is 3.15. The van der Waals surface area contributed by atoms with E-state index in [-0.39, 0.29) is 0 Å². The first kappa shape index (κ1) is 11.5. The van der Waals surface area contributed by atoms with Gasteiger partial charge in [0.1, 0.15) is 12.4 Å². The summed E-state index contributed by atoms with van der Waals surface area (Å²) in [5.74, 6) is 1.82. The van der Waals surface area contributed by atoms with E-state index in [1.807, 2.05) is 7.05 Å². The van der Waals surface area contributed by atoms with E-state index in [1.165, 1.54) is 18.4 Å². The number of likely N-dealkylation sites (N-methyl/N-ethyl adjacent to an activating group) is 1. The third-order valence-electron chi connectivity index (χ3n) is 3.32. The molecule has 1 aliphatic rings. The molecule has 0 saturated heterocycles. The van der Waals surface area contributed by atoms with Crippen LogP contribution in [-0.2, 0) is 6.42 Å². The second-order valence-corrected chi connectivity index (χ2v) is 4.54. The summed E-state index contributed by atoms with van der Waals surface area (Å²) in [5, 5.41) is 3.33. The quantitative estimate of drug-likeness (QED) is 0.794. The lowest BCUT2D eigenvalue weighted by molar-refractivity contribution is 0.256. The van der Waals surface area contributed by atoms with Crippen molar-refractivity contribution in [2.24, 2.45) is 5.92 Å². The Morgan fingerprint density at radius 1 is 1.31 bits per heavy atom. The number of ether oxygens (including phenoxy) is 1. The summed E-state index contributed by atoms with van der Waals surface area (Å²) in [5.41, 5.74) is 1.36. The maximum atomic E-state index is 5.80. The lowest BCUT2D eigenvalue weighted by atomic mass is 10.2. The second-order valence-electron chi connectivity index (χ2n) is 4.54. The molecule has 1 aromatic carbocycles. The molecular formula is C14H21NO. The number of benzene rings is 1. The maximum Gasteiger partial charge on any atom is 0.119 e. The van der Waals surface area contributed by atoms with Crippen molar-refractivity contribution in [2.45, 2.75) is 32.2 Å². The van der Waals surface area contributed by atoms with Crippen LogP contribution in [0.4, 0.5) is 0 Å². The molecular weight excluding hydrogens is 198 g/mol. The summed E-state index contributed by atoms with van der Waals surface area (Å²) in [6, 6.07) is 8.93. The fourth-order valence-electron chi connectivity index (χ4n) is 1.96. The second kappa shape index (κ2) is 5.35. The SMILES string of the molecule is CCc1ccc(OCC(NC)C2CC2)cc1. The topological polar surface area (TPSA) is 21.3 Å². The van der Waals surface area contributed by atoms with E-state index in [4.69, 9.17) is 4.74 Å². The molecule has 2 rings (SSSR count). The number of rotatable bonds is 6. The molecule has 0 aromatic heterocycles. The first-order chi connectivity index (χ1) is 7.83. The van der Waals surface area contributed by atoms with Crippen LogP contribution < -0.4 is 10.1 Å². The zero-order chi connectivity index (χ0) is 11.4. The van der Waals surface area contributed by atoms with Gasteiger partial charge in [-0.3, -0.25) is 0 Å². The zero-order valence-electron chi connectivity index (χ0n) is 10.2. The lowest BCUT2D eigenvalue weighted by Gasteiger charge is -2.16. The van der Waals surface area contributed by atoms with E-state index in [0.29, 0.717) is 6.04 Å². The van der Waals surface area contributed by atoms with E-state index in [9.17, 15) is 0 Å². The molecule has 1 fully saturated rings. The van der Waals surface area contributed by atoms with Crippen molar-refractivity contribution < 1.29 is 4.74 Å². The van der Waals surface area contributed by atoms with Gasteiger partial charge in [0.2, 0.25) is 0 Å². The molecule has 0 aliphatic heterocycles. The van der Waals surface area contributed by atoms with E-state index in [1.54, 1.807) is 0 Å². The van der Waals surface area contributed by atoms with Crippen molar-refractivity contribution in [3.8, 4) is 5.75 Å². The number of nitrogens with one attached hydrogen (secondary N) is 1. The van der Waals surface area contributed by atoms with Crippen molar-refractivity contribution >= 4 is 0 Å². The van der Waals surface area contributed by atoms with E-state index < -0.39 is 0 Å². The van der Waals surface area contributed by atoms with Gasteiger partial charge in [-0.15, -0.1) is 0 Å². The number of hydrogen-bond acceptors (Lipinski definition) is 2. The average molecular weight is 219 g/mol. The molecule has 1 atom stereocenters. The third kappa shape index (κ3) is 2.99. The minimum Gasteiger partial charge on any atom is -0.492 e. The molecule has 0 spiro atoms. The van der Waals surface area contributed by atoms with Crippen LogP contribution in [0.5, 0.6) is 5.75 Å². The Bertz CT molecular complexity index is 316. The maximum absolute atomic E-state index is 5.80. The van der Waals surface area contributed by atoms with Crippen molar-refractivity contribution in [3.05, 3.63) is 29.8 Å². The molecule has 1 N–H and O–H groups in total. The molecule has 1 aromatic rings. The Hall–Kier alpha value is -1.02. The summed E-state index contributed by atoms with van der Waals surface area (Å²) in [6.45, 7) is 2.95. The van der Waals surface area contributed by atoms with Gasteiger partial charge in [0.25, 0.3) is 0 Å². The number of aryl methyl sites for hydroxylation is 1. The smallest absolute Gasteiger partial charge is 0.119 e. The molecule has 1 unspecified atom stereocenters. The van der Waals surface area contributed by atoms with Gasteiger partial charge in [0, 0.05) is 6.04 Å². The summed E-state index contributed by atoms with van der Waals surface area (Å²) < 4.78 is 5.80. The Labute approximate surface area is 98.0 Å². The Morgan fingerprint density at radius 3 is 2.50 bits per heavy atom. The monoisotopic (exact) mass is 219 g/mol. The first-order valence-corrected chi connectivity index (χ1v) is 6.22. The minimum atomic E-state index is 0.519. The summed E-state index contributed by atoms with van der Waals surface area (Å²) >= 11 is 0. The van der Waals surface area contributed by atoms with Gasteiger partial charge in [0.15, 0.2) is 0 Å². The van der Waals surface area contributed by atoms with Crippen LogP contribution in [0.25, 0.3) is 0 Å². The van der Waals surface area contributed by atoms with Gasteiger partial charge < -0.3 is 10.1 Å². The lowest BCUT2D eigenvalue weighted by Crippen LogP contribution is -2.33. The van der Waals surface area contributed by atoms with Gasteiger partial charge >= 0.3 is 0 Å². The normalized spacial score (nSPS) is 17.1. The molecule has 1 aliphatic carbocycles. The van der Waals surface area contributed by atoms with Gasteiger partial charge in [-0.1, -0.05) is 19.1 Å². The predicted octanol–water partition coefficient (Wildman–Crippen LogP) is 2.63. The number of hydrogen-bond donors (Lipinski definition) is 1. The van der Waals surface area contributed by atoms with Crippen LogP contribution in [0.1, 0.15) is 25.3 Å². The van der Waals surface area contributed by atoms with E-state index >= 15 is 0 Å². The Morgan fingerprint density at radius 2 is 2.00 bits per heavy atom. The summed E-state index contributed by atoms with van der Waals surface area (Å²) in [4.78, 5) is 0. The first-order valence-electron chi connectivity index (χ1n) is 6.22. The van der Waals surface area contributed by atoms with Gasteiger partial charge in [-0.25, -0.2) is 0 Å². The molecule has 0 amide bonds. The summed E-state index contributed by atoms with van der Waals surface area (Å²) in [7, 11) is 2.02. The highest BCUT2D eigenvalue weighted by atomic mass is 16.5. The fraction of sp³-hybridized carbons (Fsp3) is 0.571. The Balaban J connectivity index is 1.83. The minimum absolute atomic E-state index is 0.519. The molecule has 0 heterocycles. The highest BCUT2D eigenvalue weighted by Gasteiger charge is 2.30. The van der Waals surface area contributed by atoms with Crippen LogP contribution >= 0.6 is 0 Å². The van der Waals surface area contributed by atoms with Crippen LogP contribution in [0.2, 0.25) is 0 Å². The highest BCUT2D eigenvalue weighted by Crippen LogP contribution is 2.32. The van der Waals surface area contributed by atoms with Crippen molar-refractivity contribution in [3.63, 3.8) is 0 Å². The molecule has 0 radical (unpaired) electrons. The van der Waals surface area contributed by atoms with Gasteiger partial charge in [0.05, 0.1) is 0 Å². The van der Waals surface area contributed by atoms with Crippen molar-refractivity contribution in [1.82, 2.24) is 5.32 Å². The highest BCUT2D eigenvalue weighted by molar-refractivity contribution is 5.27. The summed E-state index contributed by atoms with van der Waals surface area (Å²) in [6.07, 6.45) is 3.79. The van der Waals surface area contributed by atoms with Crippen LogP contribution in [0.3, 0.4) is 0 Å². The van der Waals surface area contributed by atoms with Crippen LogP contribution in [0, 0.1) is 5.92 Å². The molecule has 2 heteroatoms. The molecule has 16 heavy (non-hydrogen) atoms. The zero-order valence-corrected chi connectivity index (χ0v) is 10.2.